The van der Waals surface area contributed by atoms with E-state index in [1.54, 1.807) is 36.4 Å². The van der Waals surface area contributed by atoms with E-state index in [1.807, 2.05) is 0 Å². The van der Waals surface area contributed by atoms with Crippen molar-refractivity contribution in [3.8, 4) is 39.8 Å². The van der Waals surface area contributed by atoms with E-state index < -0.39 is 28.9 Å². The molecule has 0 spiro atoms. The standard InChI is InChI=1S/C24H17ClF2N2O5/c1-32-13-7-5-12(6-8-13)21-23(14-3-2-4-15(25)22(14)30)34-18(29-21)11-33-17-10-9-16(26)19(20(17)27)24(28)31/h2-10,30H,11H2,1H3,(H2,28,31). The van der Waals surface area contributed by atoms with E-state index in [-0.39, 0.29) is 34.6 Å². The molecule has 0 aliphatic heterocycles. The Balaban J connectivity index is 1.73. The molecule has 1 aromatic heterocycles. The molecule has 4 rings (SSSR count). The number of hydrogen-bond donors (Lipinski definition) is 2. The number of aromatic nitrogens is 1. The number of carbonyl (C=O) groups excluding carboxylic acids is 1. The summed E-state index contributed by atoms with van der Waals surface area (Å²) in [6.07, 6.45) is 0. The molecule has 0 unspecified atom stereocenters. The van der Waals surface area contributed by atoms with Gasteiger partial charge in [-0.3, -0.25) is 4.79 Å². The van der Waals surface area contributed by atoms with E-state index in [0.29, 0.717) is 17.0 Å². The lowest BCUT2D eigenvalue weighted by atomic mass is 10.0. The number of aromatic hydroxyl groups is 1. The van der Waals surface area contributed by atoms with E-state index in [0.717, 1.165) is 12.1 Å². The van der Waals surface area contributed by atoms with Crippen molar-refractivity contribution in [2.75, 3.05) is 7.11 Å². The first-order valence-corrected chi connectivity index (χ1v) is 10.2. The Hall–Kier alpha value is -4.11. The van der Waals surface area contributed by atoms with Crippen molar-refractivity contribution < 1.29 is 32.6 Å². The summed E-state index contributed by atoms with van der Waals surface area (Å²) >= 11 is 6.06. The molecule has 0 atom stereocenters. The number of carbonyl (C=O) groups is 1. The smallest absolute Gasteiger partial charge is 0.254 e. The van der Waals surface area contributed by atoms with Gasteiger partial charge in [-0.25, -0.2) is 13.8 Å². The maximum absolute atomic E-state index is 14.5. The minimum Gasteiger partial charge on any atom is -0.506 e. The molecular formula is C24H17ClF2N2O5. The van der Waals surface area contributed by atoms with Crippen molar-refractivity contribution in [2.24, 2.45) is 5.73 Å². The van der Waals surface area contributed by atoms with Gasteiger partial charge in [0.15, 0.2) is 23.9 Å². The zero-order chi connectivity index (χ0) is 24.4. The highest BCUT2D eigenvalue weighted by Gasteiger charge is 2.23. The van der Waals surface area contributed by atoms with Crippen LogP contribution in [0.15, 0.2) is 59.0 Å². The first-order valence-electron chi connectivity index (χ1n) is 9.82. The molecule has 4 aromatic rings. The summed E-state index contributed by atoms with van der Waals surface area (Å²) in [6, 6.07) is 13.6. The minimum absolute atomic E-state index is 0.0181. The van der Waals surface area contributed by atoms with Crippen LogP contribution in [0.1, 0.15) is 16.2 Å². The number of para-hydroxylation sites is 1. The lowest BCUT2D eigenvalue weighted by molar-refractivity contribution is 0.0991. The van der Waals surface area contributed by atoms with Crippen LogP contribution in [-0.2, 0) is 6.61 Å². The highest BCUT2D eigenvalue weighted by molar-refractivity contribution is 6.32. The van der Waals surface area contributed by atoms with Crippen molar-refractivity contribution in [1.29, 1.82) is 0 Å². The number of rotatable bonds is 7. The number of methoxy groups -OCH3 is 1. The van der Waals surface area contributed by atoms with E-state index in [2.05, 4.69) is 4.98 Å². The maximum Gasteiger partial charge on any atom is 0.254 e. The van der Waals surface area contributed by atoms with Gasteiger partial charge in [0.1, 0.15) is 28.6 Å². The number of phenols is 1. The quantitative estimate of drug-likeness (QED) is 0.365. The molecule has 0 saturated carbocycles. The first kappa shape index (κ1) is 23.1. The fourth-order valence-corrected chi connectivity index (χ4v) is 3.44. The molecular weight excluding hydrogens is 470 g/mol. The number of halogens is 3. The average molecular weight is 487 g/mol. The molecule has 3 aromatic carbocycles. The number of hydrogen-bond acceptors (Lipinski definition) is 6. The number of phenolic OH excluding ortho intramolecular Hbond substituents is 1. The van der Waals surface area contributed by atoms with E-state index in [1.165, 1.54) is 13.2 Å². The molecule has 1 amide bonds. The van der Waals surface area contributed by atoms with E-state index in [9.17, 15) is 18.7 Å². The zero-order valence-electron chi connectivity index (χ0n) is 17.6. The third-order valence-electron chi connectivity index (χ3n) is 4.92. The lowest BCUT2D eigenvalue weighted by Gasteiger charge is -2.08. The highest BCUT2D eigenvalue weighted by atomic mass is 35.5. The molecule has 0 aliphatic rings. The third kappa shape index (κ3) is 4.38. The monoisotopic (exact) mass is 486 g/mol. The number of nitrogens with zero attached hydrogens (tertiary/aromatic N) is 1. The summed E-state index contributed by atoms with van der Waals surface area (Å²) < 4.78 is 44.6. The summed E-state index contributed by atoms with van der Waals surface area (Å²) in [6.45, 7) is -0.370. The van der Waals surface area contributed by atoms with Crippen LogP contribution in [0.3, 0.4) is 0 Å². The van der Waals surface area contributed by atoms with Crippen LogP contribution in [0.25, 0.3) is 22.6 Å². The number of oxazole rings is 1. The Morgan fingerprint density at radius 2 is 1.88 bits per heavy atom. The van der Waals surface area contributed by atoms with Crippen molar-refractivity contribution in [1.82, 2.24) is 4.98 Å². The highest BCUT2D eigenvalue weighted by Crippen LogP contribution is 2.41. The fraction of sp³-hybridized carbons (Fsp3) is 0.0833. The minimum atomic E-state index is -1.27. The Kier molecular flexibility index (Phi) is 6.38. The summed E-state index contributed by atoms with van der Waals surface area (Å²) in [5.74, 6) is -3.39. The maximum atomic E-state index is 14.5. The zero-order valence-corrected chi connectivity index (χ0v) is 18.4. The third-order valence-corrected chi connectivity index (χ3v) is 5.22. The van der Waals surface area contributed by atoms with Crippen LogP contribution in [-0.4, -0.2) is 23.1 Å². The van der Waals surface area contributed by atoms with Gasteiger partial charge in [0, 0.05) is 5.56 Å². The van der Waals surface area contributed by atoms with Crippen LogP contribution >= 0.6 is 11.6 Å². The van der Waals surface area contributed by atoms with Gasteiger partial charge >= 0.3 is 0 Å². The first-order chi connectivity index (χ1) is 16.3. The number of primary amides is 1. The van der Waals surface area contributed by atoms with Crippen molar-refractivity contribution >= 4 is 17.5 Å². The molecule has 0 fully saturated rings. The van der Waals surface area contributed by atoms with Gasteiger partial charge < -0.3 is 24.7 Å². The number of benzene rings is 3. The summed E-state index contributed by atoms with van der Waals surface area (Å²) in [4.78, 5) is 15.8. The number of ether oxygens (including phenoxy) is 2. The van der Waals surface area contributed by atoms with Crippen LogP contribution in [0.5, 0.6) is 17.2 Å². The van der Waals surface area contributed by atoms with Crippen molar-refractivity contribution in [2.45, 2.75) is 6.61 Å². The van der Waals surface area contributed by atoms with Crippen molar-refractivity contribution in [3.63, 3.8) is 0 Å². The van der Waals surface area contributed by atoms with Gasteiger partial charge in [-0.2, -0.15) is 0 Å². The molecule has 0 saturated heterocycles. The molecule has 174 valence electrons. The summed E-state index contributed by atoms with van der Waals surface area (Å²) in [5, 5.41) is 10.6. The number of nitrogens with two attached hydrogens (primary N) is 1. The fourth-order valence-electron chi connectivity index (χ4n) is 3.26. The van der Waals surface area contributed by atoms with Crippen LogP contribution in [0.4, 0.5) is 8.78 Å². The Labute approximate surface area is 197 Å². The van der Waals surface area contributed by atoms with Gasteiger partial charge in [0.05, 0.1) is 17.7 Å². The summed E-state index contributed by atoms with van der Waals surface area (Å²) in [7, 11) is 1.54. The molecule has 0 radical (unpaired) electrons. The SMILES string of the molecule is COc1ccc(-c2nc(COc3ccc(F)c(C(N)=O)c3F)oc2-c2cccc(Cl)c2O)cc1. The van der Waals surface area contributed by atoms with Crippen molar-refractivity contribution in [3.05, 3.63) is 82.7 Å². The Bertz CT molecular complexity index is 1370. The molecule has 0 aliphatic carbocycles. The Morgan fingerprint density at radius 3 is 2.56 bits per heavy atom. The topological polar surface area (TPSA) is 108 Å². The van der Waals surface area contributed by atoms with Gasteiger partial charge in [0.25, 0.3) is 5.91 Å². The molecule has 34 heavy (non-hydrogen) atoms. The molecule has 7 nitrogen and oxygen atoms in total. The van der Waals surface area contributed by atoms with E-state index >= 15 is 0 Å². The molecule has 10 heteroatoms. The Morgan fingerprint density at radius 1 is 1.15 bits per heavy atom. The van der Waals surface area contributed by atoms with Gasteiger partial charge in [-0.05, 0) is 48.5 Å². The second-order valence-electron chi connectivity index (χ2n) is 7.04. The molecule has 3 N–H and O–H groups in total. The molecule has 1 heterocycles. The predicted octanol–water partition coefficient (Wildman–Crippen LogP) is 5.33. The predicted molar refractivity (Wildman–Crippen MR) is 120 cm³/mol. The molecule has 0 bridgehead atoms. The number of amides is 1. The normalized spacial score (nSPS) is 10.8. The van der Waals surface area contributed by atoms with Crippen LogP contribution in [0.2, 0.25) is 5.02 Å². The van der Waals surface area contributed by atoms with Gasteiger partial charge in [-0.15, -0.1) is 0 Å². The average Bonchev–Trinajstić information content (AvgIpc) is 3.24. The largest absolute Gasteiger partial charge is 0.506 e. The summed E-state index contributed by atoms with van der Waals surface area (Å²) in [5.41, 5.74) is 5.40. The van der Waals surface area contributed by atoms with Gasteiger partial charge in [-0.1, -0.05) is 17.7 Å². The lowest BCUT2D eigenvalue weighted by Crippen LogP contribution is -2.16. The van der Waals surface area contributed by atoms with E-state index in [4.69, 9.17) is 31.2 Å². The second kappa shape index (κ2) is 9.40. The van der Waals surface area contributed by atoms with Crippen LogP contribution < -0.4 is 15.2 Å². The second-order valence-corrected chi connectivity index (χ2v) is 7.44. The van der Waals surface area contributed by atoms with Gasteiger partial charge in [0.2, 0.25) is 5.89 Å². The van der Waals surface area contributed by atoms with Crippen LogP contribution in [0, 0.1) is 11.6 Å².